The number of ether oxygens (including phenoxy) is 1. The van der Waals surface area contributed by atoms with Crippen LogP contribution in [0.1, 0.15) is 5.56 Å². The third-order valence-corrected chi connectivity index (χ3v) is 3.62. The molecule has 0 heterocycles. The monoisotopic (exact) mass is 244 g/mol. The van der Waals surface area contributed by atoms with Crippen LogP contribution in [0.4, 0.5) is 0 Å². The lowest BCUT2D eigenvalue weighted by atomic mass is 10.2. The number of benzene rings is 1. The van der Waals surface area contributed by atoms with Crippen molar-refractivity contribution in [1.82, 2.24) is 10.0 Å². The highest BCUT2D eigenvalue weighted by atomic mass is 32.2. The number of hydrogen-bond acceptors (Lipinski definition) is 4. The van der Waals surface area contributed by atoms with E-state index in [0.29, 0.717) is 12.3 Å². The van der Waals surface area contributed by atoms with E-state index in [1.54, 1.807) is 12.1 Å². The first-order chi connectivity index (χ1) is 7.55. The van der Waals surface area contributed by atoms with Gasteiger partial charge in [0.2, 0.25) is 10.0 Å². The number of methoxy groups -OCH3 is 1. The Morgan fingerprint density at radius 2 is 2.00 bits per heavy atom. The van der Waals surface area contributed by atoms with Crippen molar-refractivity contribution in [2.24, 2.45) is 0 Å². The Balaban J connectivity index is 3.22. The average molecular weight is 244 g/mol. The Kier molecular flexibility index (Phi) is 4.28. The van der Waals surface area contributed by atoms with Gasteiger partial charge in [-0.1, -0.05) is 6.07 Å². The van der Waals surface area contributed by atoms with Gasteiger partial charge >= 0.3 is 0 Å². The number of nitrogens with one attached hydrogen (secondary N) is 2. The average Bonchev–Trinajstić information content (AvgIpc) is 2.29. The maximum atomic E-state index is 11.6. The van der Waals surface area contributed by atoms with Gasteiger partial charge in [-0.25, -0.2) is 13.1 Å². The normalized spacial score (nSPS) is 11.4. The van der Waals surface area contributed by atoms with E-state index < -0.39 is 10.0 Å². The zero-order valence-corrected chi connectivity index (χ0v) is 10.4. The quantitative estimate of drug-likeness (QED) is 0.783. The molecule has 0 aromatic heterocycles. The SMILES string of the molecule is CNCc1ccc(S(=O)(=O)NC)c(OC)c1. The summed E-state index contributed by atoms with van der Waals surface area (Å²) in [6.07, 6.45) is 0. The van der Waals surface area contributed by atoms with Crippen molar-refractivity contribution in [3.05, 3.63) is 23.8 Å². The van der Waals surface area contributed by atoms with Gasteiger partial charge in [-0.2, -0.15) is 0 Å². The van der Waals surface area contributed by atoms with Crippen molar-refractivity contribution < 1.29 is 13.2 Å². The van der Waals surface area contributed by atoms with Crippen LogP contribution in [0.15, 0.2) is 23.1 Å². The number of sulfonamides is 1. The molecular formula is C10H16N2O3S. The molecule has 0 bridgehead atoms. The smallest absolute Gasteiger partial charge is 0.243 e. The van der Waals surface area contributed by atoms with Crippen LogP contribution in [0, 0.1) is 0 Å². The van der Waals surface area contributed by atoms with Crippen LogP contribution >= 0.6 is 0 Å². The molecule has 1 rings (SSSR count). The van der Waals surface area contributed by atoms with Gasteiger partial charge in [0.1, 0.15) is 10.6 Å². The molecule has 0 saturated heterocycles. The predicted octanol–water partition coefficient (Wildman–Crippen LogP) is 0.323. The van der Waals surface area contributed by atoms with Crippen molar-refractivity contribution in [3.8, 4) is 5.75 Å². The Labute approximate surface area is 95.9 Å². The largest absolute Gasteiger partial charge is 0.495 e. The first-order valence-electron chi connectivity index (χ1n) is 4.80. The third kappa shape index (κ3) is 2.72. The number of rotatable bonds is 5. The van der Waals surface area contributed by atoms with Gasteiger partial charge in [0.05, 0.1) is 7.11 Å². The molecule has 0 aliphatic rings. The minimum atomic E-state index is -3.47. The highest BCUT2D eigenvalue weighted by Crippen LogP contribution is 2.24. The lowest BCUT2D eigenvalue weighted by Crippen LogP contribution is -2.19. The standard InChI is InChI=1S/C10H16N2O3S/c1-11-7-8-4-5-10(9(6-8)15-3)16(13,14)12-2/h4-6,11-12H,7H2,1-3H3. The molecule has 1 aromatic rings. The summed E-state index contributed by atoms with van der Waals surface area (Å²) < 4.78 is 30.6. The van der Waals surface area contributed by atoms with E-state index in [1.165, 1.54) is 20.2 Å². The first-order valence-corrected chi connectivity index (χ1v) is 6.28. The lowest BCUT2D eigenvalue weighted by molar-refractivity contribution is 0.401. The Morgan fingerprint density at radius 3 is 2.50 bits per heavy atom. The van der Waals surface area contributed by atoms with Crippen LogP contribution in [0.3, 0.4) is 0 Å². The maximum Gasteiger partial charge on any atom is 0.243 e. The fraction of sp³-hybridized carbons (Fsp3) is 0.400. The first kappa shape index (κ1) is 13.0. The summed E-state index contributed by atoms with van der Waals surface area (Å²) in [5.74, 6) is 0.349. The van der Waals surface area contributed by atoms with Gasteiger partial charge in [0.15, 0.2) is 0 Å². The van der Waals surface area contributed by atoms with Gasteiger partial charge in [0.25, 0.3) is 0 Å². The summed E-state index contributed by atoms with van der Waals surface area (Å²) in [5.41, 5.74) is 0.967. The molecule has 6 heteroatoms. The zero-order valence-electron chi connectivity index (χ0n) is 9.57. The maximum absolute atomic E-state index is 11.6. The molecular weight excluding hydrogens is 228 g/mol. The highest BCUT2D eigenvalue weighted by molar-refractivity contribution is 7.89. The third-order valence-electron chi connectivity index (χ3n) is 2.17. The van der Waals surface area contributed by atoms with Gasteiger partial charge in [-0.05, 0) is 31.8 Å². The van der Waals surface area contributed by atoms with Crippen molar-refractivity contribution in [2.75, 3.05) is 21.2 Å². The van der Waals surface area contributed by atoms with E-state index in [4.69, 9.17) is 4.74 Å². The van der Waals surface area contributed by atoms with E-state index in [1.807, 2.05) is 7.05 Å². The van der Waals surface area contributed by atoms with Crippen molar-refractivity contribution in [1.29, 1.82) is 0 Å². The molecule has 16 heavy (non-hydrogen) atoms. The lowest BCUT2D eigenvalue weighted by Gasteiger charge is -2.10. The van der Waals surface area contributed by atoms with Gasteiger partial charge in [0, 0.05) is 6.54 Å². The minimum Gasteiger partial charge on any atom is -0.495 e. The van der Waals surface area contributed by atoms with Crippen molar-refractivity contribution in [3.63, 3.8) is 0 Å². The summed E-state index contributed by atoms with van der Waals surface area (Å²) in [6.45, 7) is 0.663. The summed E-state index contributed by atoms with van der Waals surface area (Å²) >= 11 is 0. The van der Waals surface area contributed by atoms with E-state index >= 15 is 0 Å². The van der Waals surface area contributed by atoms with Crippen LogP contribution in [0.25, 0.3) is 0 Å². The Hall–Kier alpha value is -1.11. The second-order valence-corrected chi connectivity index (χ2v) is 5.08. The fourth-order valence-corrected chi connectivity index (χ4v) is 2.23. The Morgan fingerprint density at radius 1 is 1.31 bits per heavy atom. The molecule has 0 atom stereocenters. The van der Waals surface area contributed by atoms with Crippen LogP contribution in [-0.4, -0.2) is 29.6 Å². The van der Waals surface area contributed by atoms with E-state index in [-0.39, 0.29) is 4.90 Å². The van der Waals surface area contributed by atoms with Crippen LogP contribution in [0.2, 0.25) is 0 Å². The van der Waals surface area contributed by atoms with E-state index in [2.05, 4.69) is 10.0 Å². The molecule has 0 aliphatic heterocycles. The van der Waals surface area contributed by atoms with Gasteiger partial charge in [-0.3, -0.25) is 0 Å². The molecule has 0 spiro atoms. The van der Waals surface area contributed by atoms with Crippen LogP contribution < -0.4 is 14.8 Å². The van der Waals surface area contributed by atoms with Crippen molar-refractivity contribution in [2.45, 2.75) is 11.4 Å². The highest BCUT2D eigenvalue weighted by Gasteiger charge is 2.17. The molecule has 0 aliphatic carbocycles. The van der Waals surface area contributed by atoms with Crippen LogP contribution in [0.5, 0.6) is 5.75 Å². The summed E-state index contributed by atoms with van der Waals surface area (Å²) in [5, 5.41) is 2.99. The topological polar surface area (TPSA) is 67.4 Å². The van der Waals surface area contributed by atoms with E-state index in [0.717, 1.165) is 5.56 Å². The predicted molar refractivity (Wildman–Crippen MR) is 62.0 cm³/mol. The molecule has 2 N–H and O–H groups in total. The molecule has 0 radical (unpaired) electrons. The second kappa shape index (κ2) is 5.29. The minimum absolute atomic E-state index is 0.150. The van der Waals surface area contributed by atoms with Gasteiger partial charge in [-0.15, -0.1) is 0 Å². The fourth-order valence-electron chi connectivity index (χ4n) is 1.36. The molecule has 1 aromatic carbocycles. The summed E-state index contributed by atoms with van der Waals surface area (Å²) in [6, 6.07) is 5.00. The molecule has 0 fully saturated rings. The molecule has 90 valence electrons. The van der Waals surface area contributed by atoms with Gasteiger partial charge < -0.3 is 10.1 Å². The Bertz CT molecular complexity index is 457. The molecule has 5 nitrogen and oxygen atoms in total. The van der Waals surface area contributed by atoms with Crippen molar-refractivity contribution >= 4 is 10.0 Å². The van der Waals surface area contributed by atoms with E-state index in [9.17, 15) is 8.42 Å². The molecule has 0 saturated carbocycles. The second-order valence-electron chi connectivity index (χ2n) is 3.22. The zero-order chi connectivity index (χ0) is 12.2. The van der Waals surface area contributed by atoms with Crippen LogP contribution in [-0.2, 0) is 16.6 Å². The summed E-state index contributed by atoms with van der Waals surface area (Å²) in [4.78, 5) is 0.150. The summed E-state index contributed by atoms with van der Waals surface area (Å²) in [7, 11) is 1.18. The number of hydrogen-bond donors (Lipinski definition) is 2. The molecule has 0 unspecified atom stereocenters. The molecule has 0 amide bonds.